The highest BCUT2D eigenvalue weighted by molar-refractivity contribution is 9.10. The fourth-order valence-corrected chi connectivity index (χ4v) is 3.70. The molecular formula is C25H17BrClNO4. The van der Waals surface area contributed by atoms with Crippen molar-refractivity contribution in [1.29, 1.82) is 0 Å². The summed E-state index contributed by atoms with van der Waals surface area (Å²) < 4.78 is 11.4. The molecule has 0 fully saturated rings. The number of hydrogen-bond donors (Lipinski definition) is 0. The molecule has 0 spiro atoms. The first-order chi connectivity index (χ1) is 15.5. The smallest absolute Gasteiger partial charge is 0.339 e. The highest BCUT2D eigenvalue weighted by Gasteiger charge is 2.18. The van der Waals surface area contributed by atoms with Gasteiger partial charge in [-0.1, -0.05) is 51.8 Å². The van der Waals surface area contributed by atoms with Gasteiger partial charge in [0, 0.05) is 21.0 Å². The molecule has 4 rings (SSSR count). The molecule has 1 aromatic heterocycles. The van der Waals surface area contributed by atoms with Gasteiger partial charge in [-0.25, -0.2) is 9.78 Å². The maximum Gasteiger partial charge on any atom is 0.339 e. The quantitative estimate of drug-likeness (QED) is 0.223. The number of carbonyl (C=O) groups excluding carboxylic acids is 2. The van der Waals surface area contributed by atoms with Crippen LogP contribution < -0.4 is 4.74 Å². The third kappa shape index (κ3) is 4.66. The van der Waals surface area contributed by atoms with E-state index in [1.807, 2.05) is 24.3 Å². The minimum absolute atomic E-state index is 0.284. The second-order valence-corrected chi connectivity index (χ2v) is 8.25. The first kappa shape index (κ1) is 22.0. The standard InChI is InChI=1S/C25H17BrClNO4/c1-31-18-11-7-15(8-12-18)22-13-20(19-3-2-4-21(27)24(19)28-22)25(30)32-14-23(29)16-5-9-17(26)10-6-16/h2-13H,14H2,1H3. The van der Waals surface area contributed by atoms with Gasteiger partial charge in [0.25, 0.3) is 0 Å². The Morgan fingerprint density at radius 1 is 1.00 bits per heavy atom. The third-order valence-electron chi connectivity index (χ3n) is 4.90. The molecular weight excluding hydrogens is 494 g/mol. The van der Waals surface area contributed by atoms with Crippen LogP contribution >= 0.6 is 27.5 Å². The van der Waals surface area contributed by atoms with Gasteiger partial charge in [-0.3, -0.25) is 4.79 Å². The Bertz CT molecular complexity index is 1300. The molecule has 0 aliphatic rings. The fraction of sp³-hybridized carbons (Fsp3) is 0.0800. The summed E-state index contributed by atoms with van der Waals surface area (Å²) in [4.78, 5) is 30.0. The number of carbonyl (C=O) groups is 2. The number of aromatic nitrogens is 1. The average molecular weight is 511 g/mol. The van der Waals surface area contributed by atoms with Gasteiger partial charge >= 0.3 is 5.97 Å². The summed E-state index contributed by atoms with van der Waals surface area (Å²) >= 11 is 9.70. The summed E-state index contributed by atoms with van der Waals surface area (Å²) in [7, 11) is 1.59. The average Bonchev–Trinajstić information content (AvgIpc) is 2.82. The third-order valence-corrected chi connectivity index (χ3v) is 5.73. The van der Waals surface area contributed by atoms with Crippen molar-refractivity contribution >= 4 is 50.2 Å². The van der Waals surface area contributed by atoms with Crippen molar-refractivity contribution in [3.05, 3.63) is 93.4 Å². The SMILES string of the molecule is COc1ccc(-c2cc(C(=O)OCC(=O)c3ccc(Br)cc3)c3cccc(Cl)c3n2)cc1. The molecule has 0 bridgehead atoms. The van der Waals surface area contributed by atoms with E-state index in [4.69, 9.17) is 21.1 Å². The number of benzene rings is 3. The number of methoxy groups -OCH3 is 1. The number of rotatable bonds is 6. The highest BCUT2D eigenvalue weighted by atomic mass is 79.9. The number of esters is 1. The Labute approximate surface area is 198 Å². The van der Waals surface area contributed by atoms with Crippen LogP contribution in [0.5, 0.6) is 5.75 Å². The van der Waals surface area contributed by atoms with Crippen molar-refractivity contribution in [3.8, 4) is 17.0 Å². The Morgan fingerprint density at radius 2 is 1.72 bits per heavy atom. The Kier molecular flexibility index (Phi) is 6.53. The lowest BCUT2D eigenvalue weighted by Crippen LogP contribution is -2.15. The number of ketones is 1. The van der Waals surface area contributed by atoms with Gasteiger partial charge in [0.2, 0.25) is 0 Å². The summed E-state index contributed by atoms with van der Waals surface area (Å²) in [6.45, 7) is -0.372. The lowest BCUT2D eigenvalue weighted by Gasteiger charge is -2.11. The molecule has 3 aromatic carbocycles. The summed E-state index contributed by atoms with van der Waals surface area (Å²) in [5.41, 5.74) is 2.56. The number of nitrogens with zero attached hydrogens (tertiary/aromatic N) is 1. The van der Waals surface area contributed by atoms with E-state index in [2.05, 4.69) is 20.9 Å². The summed E-state index contributed by atoms with van der Waals surface area (Å²) in [6.07, 6.45) is 0. The number of ether oxygens (including phenoxy) is 2. The molecule has 160 valence electrons. The van der Waals surface area contributed by atoms with Crippen molar-refractivity contribution in [3.63, 3.8) is 0 Å². The van der Waals surface area contributed by atoms with Gasteiger partial charge in [0.15, 0.2) is 12.4 Å². The van der Waals surface area contributed by atoms with Crippen molar-refractivity contribution in [2.45, 2.75) is 0 Å². The van der Waals surface area contributed by atoms with E-state index in [0.717, 1.165) is 10.0 Å². The van der Waals surface area contributed by atoms with E-state index >= 15 is 0 Å². The van der Waals surface area contributed by atoms with Crippen LogP contribution in [0.15, 0.2) is 77.3 Å². The van der Waals surface area contributed by atoms with Crippen LogP contribution in [0.4, 0.5) is 0 Å². The predicted octanol–water partition coefficient (Wildman–Crippen LogP) is 6.37. The van der Waals surface area contributed by atoms with Crippen LogP contribution in [0.1, 0.15) is 20.7 Å². The van der Waals surface area contributed by atoms with E-state index in [0.29, 0.717) is 32.9 Å². The van der Waals surface area contributed by atoms with E-state index in [1.54, 1.807) is 55.6 Å². The maximum atomic E-state index is 13.0. The molecule has 0 unspecified atom stereocenters. The molecule has 0 aliphatic heterocycles. The number of para-hydroxylation sites is 1. The summed E-state index contributed by atoms with van der Waals surface area (Å²) in [5.74, 6) is -0.212. The zero-order valence-electron chi connectivity index (χ0n) is 17.0. The van der Waals surface area contributed by atoms with Gasteiger partial charge in [-0.2, -0.15) is 0 Å². The van der Waals surface area contributed by atoms with Crippen LogP contribution in [0.2, 0.25) is 5.02 Å². The second-order valence-electron chi connectivity index (χ2n) is 6.93. The van der Waals surface area contributed by atoms with Crippen LogP contribution in [0.25, 0.3) is 22.2 Å². The highest BCUT2D eigenvalue weighted by Crippen LogP contribution is 2.30. The van der Waals surface area contributed by atoms with Gasteiger partial charge in [-0.15, -0.1) is 0 Å². The first-order valence-electron chi connectivity index (χ1n) is 9.66. The summed E-state index contributed by atoms with van der Waals surface area (Å²) in [5, 5.41) is 0.966. The first-order valence-corrected chi connectivity index (χ1v) is 10.8. The van der Waals surface area contributed by atoms with E-state index in [9.17, 15) is 9.59 Å². The topological polar surface area (TPSA) is 65.5 Å². The van der Waals surface area contributed by atoms with E-state index in [1.165, 1.54) is 0 Å². The minimum Gasteiger partial charge on any atom is -0.497 e. The van der Waals surface area contributed by atoms with Crippen LogP contribution in [0, 0.1) is 0 Å². The van der Waals surface area contributed by atoms with Gasteiger partial charge < -0.3 is 9.47 Å². The van der Waals surface area contributed by atoms with E-state index in [-0.39, 0.29) is 18.0 Å². The molecule has 0 radical (unpaired) electrons. The molecule has 0 atom stereocenters. The molecule has 32 heavy (non-hydrogen) atoms. The fourth-order valence-electron chi connectivity index (χ4n) is 3.22. The molecule has 0 amide bonds. The van der Waals surface area contributed by atoms with Crippen LogP contribution in [-0.4, -0.2) is 30.5 Å². The molecule has 0 saturated carbocycles. The molecule has 0 saturated heterocycles. The number of pyridine rings is 1. The number of Topliss-reactive ketones (excluding diaryl/α,β-unsaturated/α-hetero) is 1. The summed E-state index contributed by atoms with van der Waals surface area (Å²) in [6, 6.07) is 21.0. The van der Waals surface area contributed by atoms with Gasteiger partial charge in [-0.05, 0) is 48.5 Å². The molecule has 0 aliphatic carbocycles. The van der Waals surface area contributed by atoms with Crippen molar-refractivity contribution in [2.24, 2.45) is 0 Å². The largest absolute Gasteiger partial charge is 0.497 e. The normalized spacial score (nSPS) is 10.7. The molecule has 1 heterocycles. The molecule has 0 N–H and O–H groups in total. The number of fused-ring (bicyclic) bond motifs is 1. The lowest BCUT2D eigenvalue weighted by molar-refractivity contribution is 0.0476. The number of hydrogen-bond acceptors (Lipinski definition) is 5. The maximum absolute atomic E-state index is 13.0. The molecule has 7 heteroatoms. The van der Waals surface area contributed by atoms with Gasteiger partial charge in [0.1, 0.15) is 5.75 Å². The van der Waals surface area contributed by atoms with Gasteiger partial charge in [0.05, 0.1) is 28.9 Å². The van der Waals surface area contributed by atoms with E-state index < -0.39 is 5.97 Å². The minimum atomic E-state index is -0.625. The van der Waals surface area contributed by atoms with Crippen molar-refractivity contribution in [1.82, 2.24) is 4.98 Å². The lowest BCUT2D eigenvalue weighted by atomic mass is 10.0. The van der Waals surface area contributed by atoms with Crippen LogP contribution in [0.3, 0.4) is 0 Å². The van der Waals surface area contributed by atoms with Crippen LogP contribution in [-0.2, 0) is 4.74 Å². The van der Waals surface area contributed by atoms with Crippen molar-refractivity contribution < 1.29 is 19.1 Å². The second kappa shape index (κ2) is 9.51. The molecule has 5 nitrogen and oxygen atoms in total. The Balaban J connectivity index is 1.67. The number of halogens is 2. The zero-order chi connectivity index (χ0) is 22.7. The predicted molar refractivity (Wildman–Crippen MR) is 127 cm³/mol. The zero-order valence-corrected chi connectivity index (χ0v) is 19.3. The monoisotopic (exact) mass is 509 g/mol. The molecule has 4 aromatic rings. The van der Waals surface area contributed by atoms with Crippen molar-refractivity contribution in [2.75, 3.05) is 13.7 Å². The Hall–Kier alpha value is -3.22. The Morgan fingerprint density at radius 3 is 2.41 bits per heavy atom.